The van der Waals surface area contributed by atoms with E-state index in [0.29, 0.717) is 10.4 Å². The molecule has 3 aromatic rings. The monoisotopic (exact) mass is 354 g/mol. The Kier molecular flexibility index (Phi) is 4.76. The molecular weight excluding hydrogens is 336 g/mol. The molecule has 3 aromatic heterocycles. The van der Waals surface area contributed by atoms with Gasteiger partial charge in [0.1, 0.15) is 0 Å². The van der Waals surface area contributed by atoms with Gasteiger partial charge in [0, 0.05) is 22.8 Å². The maximum absolute atomic E-state index is 12.4. The fraction of sp³-hybridized carbons (Fsp3) is 0.222. The molecule has 0 fully saturated rings. The number of amides is 1. The number of hydrogen-bond acceptors (Lipinski definition) is 5. The molecule has 3 heterocycles. The van der Waals surface area contributed by atoms with Crippen molar-refractivity contribution in [2.45, 2.75) is 26.8 Å². The number of hydrogen-bond donors (Lipinski definition) is 1. The number of ketones is 1. The van der Waals surface area contributed by atoms with E-state index in [-0.39, 0.29) is 17.7 Å². The van der Waals surface area contributed by atoms with Crippen molar-refractivity contribution < 1.29 is 9.59 Å². The van der Waals surface area contributed by atoms with Gasteiger partial charge in [-0.2, -0.15) is 5.10 Å². The largest absolute Gasteiger partial charge is 0.345 e. The number of carbonyl (C=O) groups excluding carboxylic acids is 2. The standard InChI is InChI=1S/C18H18N4O2S/c1-11(21-18(24)14-8-16(13(3)23)25-10-14)15-9-20-22(12(15)2)17-6-4-5-7-19-17/h4-11H,1-3H3,(H,21,24)/t11-/m0/s1. The molecular formula is C18H18N4O2S. The molecule has 0 aliphatic carbocycles. The van der Waals surface area contributed by atoms with Crippen molar-refractivity contribution in [1.29, 1.82) is 0 Å². The third-order valence-electron chi connectivity index (χ3n) is 3.94. The van der Waals surface area contributed by atoms with Crippen molar-refractivity contribution in [3.05, 3.63) is 63.7 Å². The number of nitrogens with one attached hydrogen (secondary N) is 1. The first kappa shape index (κ1) is 17.0. The van der Waals surface area contributed by atoms with Crippen molar-refractivity contribution in [2.24, 2.45) is 0 Å². The third-order valence-corrected chi connectivity index (χ3v) is 4.97. The summed E-state index contributed by atoms with van der Waals surface area (Å²) in [4.78, 5) is 28.6. The van der Waals surface area contributed by atoms with Gasteiger partial charge in [-0.3, -0.25) is 9.59 Å². The highest BCUT2D eigenvalue weighted by Gasteiger charge is 2.18. The van der Waals surface area contributed by atoms with E-state index in [0.717, 1.165) is 17.1 Å². The SMILES string of the molecule is CC(=O)c1cc(C(=O)N[C@@H](C)c2cnn(-c3ccccn3)c2C)cs1. The van der Waals surface area contributed by atoms with Gasteiger partial charge in [0.05, 0.1) is 22.7 Å². The lowest BCUT2D eigenvalue weighted by atomic mass is 10.1. The molecule has 0 bridgehead atoms. The number of aromatic nitrogens is 3. The Hall–Kier alpha value is -2.80. The van der Waals surface area contributed by atoms with Crippen LogP contribution in [0, 0.1) is 6.92 Å². The molecule has 6 nitrogen and oxygen atoms in total. The van der Waals surface area contributed by atoms with Gasteiger partial charge in [-0.1, -0.05) is 6.07 Å². The molecule has 7 heteroatoms. The van der Waals surface area contributed by atoms with E-state index in [4.69, 9.17) is 0 Å². The molecule has 0 aromatic carbocycles. The van der Waals surface area contributed by atoms with E-state index < -0.39 is 0 Å². The minimum atomic E-state index is -0.217. The van der Waals surface area contributed by atoms with Gasteiger partial charge in [-0.05, 0) is 39.0 Å². The van der Waals surface area contributed by atoms with E-state index >= 15 is 0 Å². The normalized spacial score (nSPS) is 12.0. The summed E-state index contributed by atoms with van der Waals surface area (Å²) in [5.41, 5.74) is 2.33. The van der Waals surface area contributed by atoms with Gasteiger partial charge in [0.2, 0.25) is 0 Å². The van der Waals surface area contributed by atoms with Crippen LogP contribution in [-0.4, -0.2) is 26.5 Å². The number of thiophene rings is 1. The number of pyridine rings is 1. The molecule has 1 N–H and O–H groups in total. The van der Waals surface area contributed by atoms with Gasteiger partial charge in [-0.15, -0.1) is 11.3 Å². The summed E-state index contributed by atoms with van der Waals surface area (Å²) in [6.07, 6.45) is 3.45. The zero-order chi connectivity index (χ0) is 18.0. The van der Waals surface area contributed by atoms with Crippen molar-refractivity contribution in [3.8, 4) is 5.82 Å². The second-order valence-electron chi connectivity index (χ2n) is 5.74. The van der Waals surface area contributed by atoms with Crippen molar-refractivity contribution in [2.75, 3.05) is 0 Å². The Balaban J connectivity index is 1.77. The van der Waals surface area contributed by atoms with E-state index in [9.17, 15) is 9.59 Å². The van der Waals surface area contributed by atoms with Crippen LogP contribution in [0.25, 0.3) is 5.82 Å². The summed E-state index contributed by atoms with van der Waals surface area (Å²) in [6, 6.07) is 7.03. The number of nitrogens with zero attached hydrogens (tertiary/aromatic N) is 3. The fourth-order valence-corrected chi connectivity index (χ4v) is 3.35. The maximum atomic E-state index is 12.4. The highest BCUT2D eigenvalue weighted by molar-refractivity contribution is 7.12. The molecule has 0 radical (unpaired) electrons. The zero-order valence-corrected chi connectivity index (χ0v) is 15.0. The summed E-state index contributed by atoms with van der Waals surface area (Å²) in [5.74, 6) is 0.486. The van der Waals surface area contributed by atoms with E-state index in [1.54, 1.807) is 28.5 Å². The number of carbonyl (C=O) groups is 2. The van der Waals surface area contributed by atoms with Crippen LogP contribution in [0.1, 0.15) is 51.2 Å². The summed E-state index contributed by atoms with van der Waals surface area (Å²) < 4.78 is 1.75. The van der Waals surface area contributed by atoms with Crippen molar-refractivity contribution in [3.63, 3.8) is 0 Å². The fourth-order valence-electron chi connectivity index (χ4n) is 2.56. The Bertz CT molecular complexity index is 914. The number of rotatable bonds is 5. The molecule has 0 spiro atoms. The highest BCUT2D eigenvalue weighted by Crippen LogP contribution is 2.21. The topological polar surface area (TPSA) is 76.9 Å². The second-order valence-corrected chi connectivity index (χ2v) is 6.65. The van der Waals surface area contributed by atoms with E-state index in [2.05, 4.69) is 15.4 Å². The first-order valence-corrected chi connectivity index (χ1v) is 8.71. The highest BCUT2D eigenvalue weighted by atomic mass is 32.1. The molecule has 0 saturated carbocycles. The van der Waals surface area contributed by atoms with Gasteiger partial charge in [0.25, 0.3) is 5.91 Å². The molecule has 128 valence electrons. The Labute approximate surface area is 149 Å². The summed E-state index contributed by atoms with van der Waals surface area (Å²) in [6.45, 7) is 5.34. The summed E-state index contributed by atoms with van der Waals surface area (Å²) in [5, 5.41) is 9.03. The molecule has 0 aliphatic rings. The quantitative estimate of drug-likeness (QED) is 0.713. The summed E-state index contributed by atoms with van der Waals surface area (Å²) in [7, 11) is 0. The Morgan fingerprint density at radius 1 is 1.32 bits per heavy atom. The number of Topliss-reactive ketones (excluding diaryl/α,β-unsaturated/α-hetero) is 1. The Morgan fingerprint density at radius 3 is 2.76 bits per heavy atom. The predicted molar refractivity (Wildman–Crippen MR) is 96.3 cm³/mol. The van der Waals surface area contributed by atoms with Crippen LogP contribution in [0.4, 0.5) is 0 Å². The van der Waals surface area contributed by atoms with Crippen LogP contribution in [0.5, 0.6) is 0 Å². The Morgan fingerprint density at radius 2 is 2.12 bits per heavy atom. The van der Waals surface area contributed by atoms with Gasteiger partial charge < -0.3 is 5.32 Å². The lowest BCUT2D eigenvalue weighted by molar-refractivity contribution is 0.0940. The molecule has 1 amide bonds. The zero-order valence-electron chi connectivity index (χ0n) is 14.2. The minimum absolute atomic E-state index is 0.0374. The maximum Gasteiger partial charge on any atom is 0.252 e. The third kappa shape index (κ3) is 3.51. The van der Waals surface area contributed by atoms with Gasteiger partial charge in [0.15, 0.2) is 11.6 Å². The molecule has 3 rings (SSSR count). The van der Waals surface area contributed by atoms with Crippen LogP contribution < -0.4 is 5.32 Å². The molecule has 0 saturated heterocycles. The van der Waals surface area contributed by atoms with Gasteiger partial charge in [-0.25, -0.2) is 9.67 Å². The lowest BCUT2D eigenvalue weighted by Gasteiger charge is -2.13. The first-order valence-electron chi connectivity index (χ1n) is 7.83. The smallest absolute Gasteiger partial charge is 0.252 e. The van der Waals surface area contributed by atoms with Crippen LogP contribution in [0.15, 0.2) is 42.0 Å². The summed E-state index contributed by atoms with van der Waals surface area (Å²) >= 11 is 1.28. The molecule has 0 aliphatic heterocycles. The van der Waals surface area contributed by atoms with Crippen LogP contribution in [0.3, 0.4) is 0 Å². The van der Waals surface area contributed by atoms with Crippen LogP contribution >= 0.6 is 11.3 Å². The predicted octanol–water partition coefficient (Wildman–Crippen LogP) is 3.33. The minimum Gasteiger partial charge on any atom is -0.345 e. The average molecular weight is 354 g/mol. The average Bonchev–Trinajstić information content (AvgIpc) is 3.22. The van der Waals surface area contributed by atoms with Crippen molar-refractivity contribution in [1.82, 2.24) is 20.1 Å². The van der Waals surface area contributed by atoms with Crippen molar-refractivity contribution >= 4 is 23.0 Å². The van der Waals surface area contributed by atoms with Gasteiger partial charge >= 0.3 is 0 Å². The van der Waals surface area contributed by atoms with E-state index in [1.807, 2.05) is 32.0 Å². The molecule has 0 unspecified atom stereocenters. The van der Waals surface area contributed by atoms with E-state index in [1.165, 1.54) is 18.3 Å². The van der Waals surface area contributed by atoms with Crippen LogP contribution in [0.2, 0.25) is 0 Å². The lowest BCUT2D eigenvalue weighted by Crippen LogP contribution is -2.26. The molecule has 25 heavy (non-hydrogen) atoms. The second kappa shape index (κ2) is 6.98. The molecule has 1 atom stereocenters. The van der Waals surface area contributed by atoms with Crippen LogP contribution in [-0.2, 0) is 0 Å². The first-order chi connectivity index (χ1) is 12.0.